The van der Waals surface area contributed by atoms with Gasteiger partial charge < -0.3 is 4.90 Å². The predicted octanol–water partition coefficient (Wildman–Crippen LogP) is 1.98. The first-order chi connectivity index (χ1) is 12.1. The third-order valence-corrected chi connectivity index (χ3v) is 4.82. The molecular weight excluding hydrogens is 314 g/mol. The van der Waals surface area contributed by atoms with Gasteiger partial charge in [-0.3, -0.25) is 9.69 Å². The average Bonchev–Trinajstić information content (AvgIpc) is 3.07. The second-order valence-electron chi connectivity index (χ2n) is 6.64. The number of aryl methyl sites for hydroxylation is 1. The smallest absolute Gasteiger partial charge is 0.237 e. The van der Waals surface area contributed by atoms with Crippen LogP contribution in [0.25, 0.3) is 16.8 Å². The molecule has 3 heterocycles. The zero-order valence-electron chi connectivity index (χ0n) is 14.5. The number of carbonyl (C=O) groups is 1. The molecule has 0 spiro atoms. The zero-order valence-corrected chi connectivity index (χ0v) is 14.5. The molecule has 6 heteroatoms. The highest BCUT2D eigenvalue weighted by Gasteiger charge is 2.22. The van der Waals surface area contributed by atoms with Gasteiger partial charge in [0, 0.05) is 31.4 Å². The second-order valence-corrected chi connectivity index (χ2v) is 6.64. The molecule has 6 nitrogen and oxygen atoms in total. The maximum Gasteiger partial charge on any atom is 0.237 e. The molecule has 0 unspecified atom stereocenters. The molecule has 0 bridgehead atoms. The van der Waals surface area contributed by atoms with Gasteiger partial charge in [0.25, 0.3) is 0 Å². The lowest BCUT2D eigenvalue weighted by atomic mass is 10.0. The van der Waals surface area contributed by atoms with E-state index in [-0.39, 0.29) is 5.91 Å². The molecule has 25 heavy (non-hydrogen) atoms. The Morgan fingerprint density at radius 1 is 1.20 bits per heavy atom. The fraction of sp³-hybridized carbons (Fsp3) is 0.316. The molecule has 3 aromatic rings. The SMILES string of the molecule is Cc1cc(-c2ncnn3cccc23)ccc1CN1CCN(C)CC1=O. The van der Waals surface area contributed by atoms with Gasteiger partial charge in [-0.1, -0.05) is 12.1 Å². The molecule has 2 aromatic heterocycles. The van der Waals surface area contributed by atoms with E-state index in [0.29, 0.717) is 13.1 Å². The van der Waals surface area contributed by atoms with Crippen LogP contribution in [0.4, 0.5) is 0 Å². The van der Waals surface area contributed by atoms with Crippen LogP contribution in [0.15, 0.2) is 42.9 Å². The van der Waals surface area contributed by atoms with Gasteiger partial charge in [-0.2, -0.15) is 5.10 Å². The fourth-order valence-electron chi connectivity index (χ4n) is 3.31. The fourth-order valence-corrected chi connectivity index (χ4v) is 3.31. The monoisotopic (exact) mass is 335 g/mol. The van der Waals surface area contributed by atoms with E-state index in [2.05, 4.69) is 40.1 Å². The summed E-state index contributed by atoms with van der Waals surface area (Å²) >= 11 is 0. The van der Waals surface area contributed by atoms with Crippen molar-refractivity contribution in [3.05, 3.63) is 54.0 Å². The van der Waals surface area contributed by atoms with E-state index < -0.39 is 0 Å². The van der Waals surface area contributed by atoms with Gasteiger partial charge in [-0.15, -0.1) is 0 Å². The lowest BCUT2D eigenvalue weighted by molar-refractivity contribution is -0.136. The van der Waals surface area contributed by atoms with Crippen molar-refractivity contribution in [2.45, 2.75) is 13.5 Å². The standard InChI is InChI=1S/C19H21N5O/c1-14-10-15(19-17-4-3-7-24(17)21-13-20-19)5-6-16(14)11-23-9-8-22(2)12-18(23)25/h3-7,10,13H,8-9,11-12H2,1-2H3. The first-order valence-corrected chi connectivity index (χ1v) is 8.46. The molecule has 1 aliphatic heterocycles. The number of carbonyl (C=O) groups excluding carboxylic acids is 1. The third kappa shape index (κ3) is 3.00. The summed E-state index contributed by atoms with van der Waals surface area (Å²) in [7, 11) is 1.99. The third-order valence-electron chi connectivity index (χ3n) is 4.82. The topological polar surface area (TPSA) is 53.7 Å². The Hall–Kier alpha value is -2.73. The molecule has 0 N–H and O–H groups in total. The largest absolute Gasteiger partial charge is 0.336 e. The minimum absolute atomic E-state index is 0.197. The van der Waals surface area contributed by atoms with Crippen LogP contribution in [0.3, 0.4) is 0 Å². The average molecular weight is 335 g/mol. The summed E-state index contributed by atoms with van der Waals surface area (Å²) < 4.78 is 1.83. The van der Waals surface area contributed by atoms with Gasteiger partial charge >= 0.3 is 0 Å². The number of hydrogen-bond acceptors (Lipinski definition) is 4. The predicted molar refractivity (Wildman–Crippen MR) is 96.1 cm³/mol. The van der Waals surface area contributed by atoms with E-state index in [0.717, 1.165) is 29.9 Å². The van der Waals surface area contributed by atoms with Crippen LogP contribution >= 0.6 is 0 Å². The van der Waals surface area contributed by atoms with Crippen LogP contribution in [0.5, 0.6) is 0 Å². The van der Waals surface area contributed by atoms with Crippen molar-refractivity contribution in [2.24, 2.45) is 0 Å². The lowest BCUT2D eigenvalue weighted by Crippen LogP contribution is -2.48. The summed E-state index contributed by atoms with van der Waals surface area (Å²) in [4.78, 5) is 20.6. The number of nitrogens with zero attached hydrogens (tertiary/aromatic N) is 5. The van der Waals surface area contributed by atoms with Crippen molar-refractivity contribution < 1.29 is 4.79 Å². The van der Waals surface area contributed by atoms with Crippen molar-refractivity contribution in [2.75, 3.05) is 26.7 Å². The summed E-state index contributed by atoms with van der Waals surface area (Å²) in [5.74, 6) is 0.197. The first-order valence-electron chi connectivity index (χ1n) is 8.46. The highest BCUT2D eigenvalue weighted by atomic mass is 16.2. The minimum atomic E-state index is 0.197. The number of likely N-dealkylation sites (N-methyl/N-ethyl adjacent to an activating group) is 1. The lowest BCUT2D eigenvalue weighted by Gasteiger charge is -2.32. The van der Waals surface area contributed by atoms with Crippen LogP contribution in [0.1, 0.15) is 11.1 Å². The molecule has 0 saturated carbocycles. The Morgan fingerprint density at radius 2 is 2.08 bits per heavy atom. The first kappa shape index (κ1) is 15.8. The maximum atomic E-state index is 12.2. The van der Waals surface area contributed by atoms with Gasteiger partial charge in [0.05, 0.1) is 17.8 Å². The number of rotatable bonds is 3. The van der Waals surface area contributed by atoms with Crippen LogP contribution < -0.4 is 0 Å². The van der Waals surface area contributed by atoms with Crippen molar-refractivity contribution in [3.8, 4) is 11.3 Å². The van der Waals surface area contributed by atoms with Crippen molar-refractivity contribution >= 4 is 11.4 Å². The van der Waals surface area contributed by atoms with Gasteiger partial charge in [0.1, 0.15) is 6.33 Å². The van der Waals surface area contributed by atoms with Crippen LogP contribution in [0, 0.1) is 6.92 Å². The Balaban J connectivity index is 1.61. The molecule has 0 aliphatic carbocycles. The van der Waals surface area contributed by atoms with Crippen LogP contribution in [-0.2, 0) is 11.3 Å². The molecule has 1 aliphatic rings. The summed E-state index contributed by atoms with van der Waals surface area (Å²) in [5.41, 5.74) is 5.33. The number of fused-ring (bicyclic) bond motifs is 1. The summed E-state index contributed by atoms with van der Waals surface area (Å²) in [6.07, 6.45) is 3.50. The van der Waals surface area contributed by atoms with Crippen molar-refractivity contribution in [1.82, 2.24) is 24.4 Å². The van der Waals surface area contributed by atoms with Gasteiger partial charge in [-0.25, -0.2) is 9.50 Å². The van der Waals surface area contributed by atoms with E-state index in [1.807, 2.05) is 34.8 Å². The molecular formula is C19H21N5O. The van der Waals surface area contributed by atoms with Crippen LogP contribution in [0.2, 0.25) is 0 Å². The van der Waals surface area contributed by atoms with Gasteiger partial charge in [0.15, 0.2) is 0 Å². The Bertz CT molecular complexity index is 932. The molecule has 1 aromatic carbocycles. The number of benzene rings is 1. The van der Waals surface area contributed by atoms with Crippen LogP contribution in [-0.4, -0.2) is 57.0 Å². The number of aromatic nitrogens is 3. The zero-order chi connectivity index (χ0) is 17.4. The molecule has 1 saturated heterocycles. The Kier molecular flexibility index (Phi) is 3.97. The molecule has 0 radical (unpaired) electrons. The number of hydrogen-bond donors (Lipinski definition) is 0. The highest BCUT2D eigenvalue weighted by Crippen LogP contribution is 2.25. The summed E-state index contributed by atoms with van der Waals surface area (Å²) in [6.45, 7) is 4.98. The van der Waals surface area contributed by atoms with Crippen molar-refractivity contribution in [1.29, 1.82) is 0 Å². The second kappa shape index (κ2) is 6.29. The normalized spacial score (nSPS) is 15.9. The number of amides is 1. The van der Waals surface area contributed by atoms with E-state index in [1.165, 1.54) is 11.1 Å². The van der Waals surface area contributed by atoms with E-state index in [1.54, 1.807) is 6.33 Å². The van der Waals surface area contributed by atoms with Crippen molar-refractivity contribution in [3.63, 3.8) is 0 Å². The number of piperazine rings is 1. The highest BCUT2D eigenvalue weighted by molar-refractivity contribution is 5.79. The van der Waals surface area contributed by atoms with E-state index in [4.69, 9.17) is 0 Å². The van der Waals surface area contributed by atoms with Gasteiger partial charge in [-0.05, 0) is 43.3 Å². The molecule has 128 valence electrons. The molecule has 4 rings (SSSR count). The van der Waals surface area contributed by atoms with Gasteiger partial charge in [0.2, 0.25) is 5.91 Å². The Morgan fingerprint density at radius 3 is 2.88 bits per heavy atom. The summed E-state index contributed by atoms with van der Waals surface area (Å²) in [6, 6.07) is 10.3. The van der Waals surface area contributed by atoms with E-state index >= 15 is 0 Å². The quantitative estimate of drug-likeness (QED) is 0.734. The maximum absolute atomic E-state index is 12.2. The summed E-state index contributed by atoms with van der Waals surface area (Å²) in [5, 5.41) is 4.22. The molecule has 1 fully saturated rings. The Labute approximate surface area is 146 Å². The molecule has 1 amide bonds. The minimum Gasteiger partial charge on any atom is -0.336 e. The molecule has 0 atom stereocenters. The van der Waals surface area contributed by atoms with E-state index in [9.17, 15) is 4.79 Å².